The lowest BCUT2D eigenvalue weighted by Gasteiger charge is -2.33. The van der Waals surface area contributed by atoms with Crippen molar-refractivity contribution in [1.82, 2.24) is 15.0 Å². The van der Waals surface area contributed by atoms with Crippen LogP contribution in [-0.4, -0.2) is 45.2 Å². The minimum Gasteiger partial charge on any atom is -0.453 e. The summed E-state index contributed by atoms with van der Waals surface area (Å²) in [6.45, 7) is 5.51. The quantitative estimate of drug-likeness (QED) is 0.324. The van der Waals surface area contributed by atoms with E-state index in [1.165, 1.54) is 29.5 Å². The van der Waals surface area contributed by atoms with Crippen LogP contribution in [0.1, 0.15) is 62.4 Å². The minimum absolute atomic E-state index is 0.117. The number of thiazole rings is 1. The minimum atomic E-state index is -0.851. The molecule has 1 amide bonds. The van der Waals surface area contributed by atoms with E-state index in [1.54, 1.807) is 18.0 Å². The van der Waals surface area contributed by atoms with Gasteiger partial charge in [-0.05, 0) is 51.9 Å². The molecule has 1 fully saturated rings. The third-order valence-electron chi connectivity index (χ3n) is 5.62. The lowest BCUT2D eigenvalue weighted by Crippen LogP contribution is -2.47. The second-order valence-electron chi connectivity index (χ2n) is 7.81. The smallest absolute Gasteiger partial charge is 0.306 e. The van der Waals surface area contributed by atoms with Crippen molar-refractivity contribution >= 4 is 40.1 Å². The summed E-state index contributed by atoms with van der Waals surface area (Å²) in [4.78, 5) is 40.8. The molecule has 0 N–H and O–H groups in total. The van der Waals surface area contributed by atoms with Crippen LogP contribution in [0, 0.1) is 13.8 Å². The number of rotatable bonds is 8. The largest absolute Gasteiger partial charge is 0.453 e. The van der Waals surface area contributed by atoms with Gasteiger partial charge in [-0.3, -0.25) is 14.5 Å². The summed E-state index contributed by atoms with van der Waals surface area (Å²) in [7, 11) is 0. The first-order chi connectivity index (χ1) is 14.9. The Balaban J connectivity index is 1.62. The number of carbonyl (C=O) groups is 2. The Morgan fingerprint density at radius 2 is 1.90 bits per heavy atom. The van der Waals surface area contributed by atoms with Crippen molar-refractivity contribution in [2.75, 3.05) is 11.2 Å². The third kappa shape index (κ3) is 6.04. The van der Waals surface area contributed by atoms with Crippen LogP contribution in [0.15, 0.2) is 16.7 Å². The number of hydrogen-bond acceptors (Lipinski definition) is 8. The van der Waals surface area contributed by atoms with Crippen molar-refractivity contribution in [3.63, 3.8) is 0 Å². The highest BCUT2D eigenvalue weighted by molar-refractivity contribution is 7.98. The fraction of sp³-hybridized carbons (Fsp3) is 0.591. The Hall–Kier alpha value is -2.00. The molecule has 2 heterocycles. The van der Waals surface area contributed by atoms with Gasteiger partial charge in [0.15, 0.2) is 16.4 Å². The lowest BCUT2D eigenvalue weighted by atomic mass is 9.94. The number of ether oxygens (including phenoxy) is 1. The Morgan fingerprint density at radius 3 is 2.48 bits per heavy atom. The molecule has 0 radical (unpaired) electrons. The molecule has 1 aliphatic rings. The van der Waals surface area contributed by atoms with Crippen molar-refractivity contribution in [3.05, 3.63) is 28.5 Å². The molecule has 1 unspecified atom stereocenters. The highest BCUT2D eigenvalue weighted by atomic mass is 32.2. The van der Waals surface area contributed by atoms with Gasteiger partial charge in [0.2, 0.25) is 0 Å². The first-order valence-corrected chi connectivity index (χ1v) is 12.8. The summed E-state index contributed by atoms with van der Waals surface area (Å²) in [6, 6.07) is 0.117. The molecule has 0 aliphatic heterocycles. The van der Waals surface area contributed by atoms with Crippen LogP contribution in [0.2, 0.25) is 0 Å². The van der Waals surface area contributed by atoms with E-state index >= 15 is 0 Å². The lowest BCUT2D eigenvalue weighted by molar-refractivity contribution is -0.154. The van der Waals surface area contributed by atoms with Crippen LogP contribution in [0.5, 0.6) is 0 Å². The van der Waals surface area contributed by atoms with E-state index in [0.29, 0.717) is 11.6 Å². The number of aryl methyl sites for hydroxylation is 2. The van der Waals surface area contributed by atoms with Crippen molar-refractivity contribution in [3.8, 4) is 0 Å². The van der Waals surface area contributed by atoms with E-state index in [-0.39, 0.29) is 18.4 Å². The molecule has 7 nitrogen and oxygen atoms in total. The summed E-state index contributed by atoms with van der Waals surface area (Å²) in [5, 5.41) is 3.27. The van der Waals surface area contributed by atoms with Crippen LogP contribution in [0.25, 0.3) is 0 Å². The van der Waals surface area contributed by atoms with Gasteiger partial charge in [0.05, 0.1) is 0 Å². The summed E-state index contributed by atoms with van der Waals surface area (Å²) < 4.78 is 5.53. The maximum absolute atomic E-state index is 13.2. The molecular weight excluding hydrogens is 432 g/mol. The average Bonchev–Trinajstić information content (AvgIpc) is 3.28. The molecule has 0 saturated heterocycles. The fourth-order valence-electron chi connectivity index (χ4n) is 4.00. The number of carbonyl (C=O) groups excluding carboxylic acids is 2. The molecule has 1 saturated carbocycles. The van der Waals surface area contributed by atoms with Gasteiger partial charge in [0.1, 0.15) is 0 Å². The third-order valence-corrected chi connectivity index (χ3v) is 6.94. The normalized spacial score (nSPS) is 15.5. The van der Waals surface area contributed by atoms with E-state index in [0.717, 1.165) is 47.8 Å². The first-order valence-electron chi connectivity index (χ1n) is 10.7. The Labute approximate surface area is 192 Å². The number of anilines is 1. The van der Waals surface area contributed by atoms with Gasteiger partial charge in [-0.15, -0.1) is 11.3 Å². The summed E-state index contributed by atoms with van der Waals surface area (Å²) in [6.07, 6.45) is 8.77. The zero-order valence-electron chi connectivity index (χ0n) is 18.6. The zero-order chi connectivity index (χ0) is 22.4. The van der Waals surface area contributed by atoms with E-state index in [4.69, 9.17) is 4.74 Å². The number of hydrogen-bond donors (Lipinski definition) is 0. The molecule has 1 atom stereocenters. The SMILES string of the molecule is CSc1nc(C)c(CCC(=O)OC(C)C(=O)N(c2nccs2)C2CCCCC2)c(C)n1. The maximum atomic E-state index is 13.2. The number of nitrogens with zero attached hydrogens (tertiary/aromatic N) is 4. The van der Waals surface area contributed by atoms with Gasteiger partial charge in [-0.1, -0.05) is 31.0 Å². The molecule has 3 rings (SSSR count). The molecular formula is C22H30N4O3S2. The number of aromatic nitrogens is 3. The molecule has 31 heavy (non-hydrogen) atoms. The molecule has 1 aliphatic carbocycles. The van der Waals surface area contributed by atoms with Gasteiger partial charge < -0.3 is 4.74 Å². The van der Waals surface area contributed by atoms with Crippen molar-refractivity contribution in [2.24, 2.45) is 0 Å². The maximum Gasteiger partial charge on any atom is 0.306 e. The number of esters is 1. The summed E-state index contributed by atoms with van der Waals surface area (Å²) >= 11 is 2.94. The first kappa shape index (κ1) is 23.7. The van der Waals surface area contributed by atoms with E-state index in [9.17, 15) is 9.59 Å². The summed E-state index contributed by atoms with van der Waals surface area (Å²) in [5.74, 6) is -0.591. The zero-order valence-corrected chi connectivity index (χ0v) is 20.2. The molecule has 168 valence electrons. The van der Waals surface area contributed by atoms with Gasteiger partial charge in [0.25, 0.3) is 5.91 Å². The van der Waals surface area contributed by atoms with Gasteiger partial charge in [0, 0.05) is 35.4 Å². The highest BCUT2D eigenvalue weighted by Crippen LogP contribution is 2.29. The summed E-state index contributed by atoms with van der Waals surface area (Å²) in [5.41, 5.74) is 2.71. The highest BCUT2D eigenvalue weighted by Gasteiger charge is 2.33. The monoisotopic (exact) mass is 462 g/mol. The standard InChI is InChI=1S/C22H30N4O3S2/c1-14-18(15(2)25-21(24-14)30-4)10-11-19(27)29-16(3)20(28)26(22-23-12-13-31-22)17-8-6-5-7-9-17/h12-13,16-17H,5-11H2,1-4H3. The van der Waals surface area contributed by atoms with Crippen molar-refractivity contribution in [2.45, 2.75) is 83.0 Å². The molecule has 2 aromatic rings. The molecule has 0 aromatic carbocycles. The van der Waals surface area contributed by atoms with Crippen LogP contribution in [-0.2, 0) is 20.7 Å². The average molecular weight is 463 g/mol. The van der Waals surface area contributed by atoms with E-state index in [1.807, 2.05) is 25.5 Å². The van der Waals surface area contributed by atoms with Crippen molar-refractivity contribution < 1.29 is 14.3 Å². The molecule has 0 spiro atoms. The predicted molar refractivity (Wildman–Crippen MR) is 124 cm³/mol. The van der Waals surface area contributed by atoms with E-state index in [2.05, 4.69) is 15.0 Å². The Kier molecular flexibility index (Phi) is 8.43. The van der Waals surface area contributed by atoms with Crippen LogP contribution in [0.4, 0.5) is 5.13 Å². The van der Waals surface area contributed by atoms with Gasteiger partial charge >= 0.3 is 5.97 Å². The van der Waals surface area contributed by atoms with Crippen LogP contribution in [0.3, 0.4) is 0 Å². The predicted octanol–water partition coefficient (Wildman–Crippen LogP) is 4.50. The Bertz CT molecular complexity index is 875. The van der Waals surface area contributed by atoms with Crippen LogP contribution < -0.4 is 4.90 Å². The second kappa shape index (κ2) is 11.0. The van der Waals surface area contributed by atoms with Crippen molar-refractivity contribution in [1.29, 1.82) is 0 Å². The van der Waals surface area contributed by atoms with Gasteiger partial charge in [-0.2, -0.15) is 0 Å². The van der Waals surface area contributed by atoms with Gasteiger partial charge in [-0.25, -0.2) is 15.0 Å². The molecule has 2 aromatic heterocycles. The second-order valence-corrected chi connectivity index (χ2v) is 9.45. The fourth-order valence-corrected chi connectivity index (χ4v) is 5.17. The van der Waals surface area contributed by atoms with E-state index < -0.39 is 12.1 Å². The molecule has 0 bridgehead atoms. The number of amides is 1. The van der Waals surface area contributed by atoms with Crippen LogP contribution >= 0.6 is 23.1 Å². The Morgan fingerprint density at radius 1 is 1.23 bits per heavy atom. The number of thioether (sulfide) groups is 1. The molecule has 9 heteroatoms. The topological polar surface area (TPSA) is 85.3 Å².